The van der Waals surface area contributed by atoms with E-state index in [9.17, 15) is 4.79 Å². The zero-order chi connectivity index (χ0) is 14.5. The van der Waals surface area contributed by atoms with Gasteiger partial charge in [-0.15, -0.1) is 11.3 Å². The van der Waals surface area contributed by atoms with Crippen LogP contribution in [0.25, 0.3) is 0 Å². The number of aryl methyl sites for hydroxylation is 1. The molecule has 1 aliphatic rings. The molecular weight excluding hydrogens is 266 g/mol. The Hall–Kier alpha value is -1.09. The fourth-order valence-electron chi connectivity index (χ4n) is 2.71. The lowest BCUT2D eigenvalue weighted by Gasteiger charge is -2.28. The summed E-state index contributed by atoms with van der Waals surface area (Å²) < 4.78 is 0. The second-order valence-corrected chi connectivity index (χ2v) is 7.14. The normalized spacial score (nSPS) is 15.2. The highest BCUT2D eigenvalue weighted by atomic mass is 32.1. The average molecular weight is 291 g/mol. The molecule has 1 aliphatic carbocycles. The summed E-state index contributed by atoms with van der Waals surface area (Å²) in [6, 6.07) is 4.31. The Bertz CT molecular complexity index is 469. The molecule has 0 unspecified atom stereocenters. The number of carbonyl (C=O) groups excluding carboxylic acids is 1. The lowest BCUT2D eigenvalue weighted by molar-refractivity contribution is -0.130. The maximum atomic E-state index is 12.1. The van der Waals surface area contributed by atoms with E-state index in [0.29, 0.717) is 6.42 Å². The van der Waals surface area contributed by atoms with Gasteiger partial charge in [0, 0.05) is 23.2 Å². The van der Waals surface area contributed by atoms with Crippen LogP contribution >= 0.6 is 11.3 Å². The topological polar surface area (TPSA) is 20.3 Å². The van der Waals surface area contributed by atoms with E-state index in [-0.39, 0.29) is 5.91 Å². The zero-order valence-corrected chi connectivity index (χ0v) is 13.5. The van der Waals surface area contributed by atoms with Gasteiger partial charge in [0.2, 0.25) is 5.91 Å². The summed E-state index contributed by atoms with van der Waals surface area (Å²) in [6.45, 7) is 6.88. The molecule has 3 heteroatoms. The van der Waals surface area contributed by atoms with E-state index in [0.717, 1.165) is 25.3 Å². The van der Waals surface area contributed by atoms with Gasteiger partial charge in [-0.25, -0.2) is 0 Å². The number of nitrogens with zero attached hydrogens (tertiary/aromatic N) is 1. The number of hydrogen-bond acceptors (Lipinski definition) is 2. The van der Waals surface area contributed by atoms with Gasteiger partial charge in [0.15, 0.2) is 0 Å². The molecule has 0 aliphatic heterocycles. The van der Waals surface area contributed by atoms with E-state index in [1.54, 1.807) is 0 Å². The summed E-state index contributed by atoms with van der Waals surface area (Å²) in [5, 5.41) is 0. The fraction of sp³-hybridized carbons (Fsp3) is 0.588. The van der Waals surface area contributed by atoms with E-state index >= 15 is 0 Å². The molecule has 1 aromatic heterocycles. The molecule has 1 amide bonds. The highest BCUT2D eigenvalue weighted by Crippen LogP contribution is 2.35. The molecule has 0 spiro atoms. The van der Waals surface area contributed by atoms with Crippen molar-refractivity contribution in [2.24, 2.45) is 5.92 Å². The minimum Gasteiger partial charge on any atom is -0.341 e. The van der Waals surface area contributed by atoms with Crippen LogP contribution in [-0.4, -0.2) is 17.9 Å². The summed E-state index contributed by atoms with van der Waals surface area (Å²) >= 11 is 1.82. The third kappa shape index (κ3) is 4.20. The molecular formula is C17H25NOS. The first-order valence-corrected chi connectivity index (χ1v) is 8.38. The Labute approximate surface area is 126 Å². The Kier molecular flexibility index (Phi) is 5.41. The minimum absolute atomic E-state index is 0.273. The van der Waals surface area contributed by atoms with E-state index in [1.807, 2.05) is 23.3 Å². The number of allylic oxidation sites excluding steroid dienone is 1. The summed E-state index contributed by atoms with van der Waals surface area (Å²) in [4.78, 5) is 16.6. The van der Waals surface area contributed by atoms with Crippen LogP contribution in [0.2, 0.25) is 0 Å². The third-order valence-electron chi connectivity index (χ3n) is 4.04. The molecule has 2 rings (SSSR count). The van der Waals surface area contributed by atoms with Crippen LogP contribution < -0.4 is 0 Å². The molecule has 1 aromatic rings. The molecule has 0 saturated heterocycles. The van der Waals surface area contributed by atoms with E-state index in [4.69, 9.17) is 0 Å². The quantitative estimate of drug-likeness (QED) is 0.682. The van der Waals surface area contributed by atoms with Crippen LogP contribution in [0.5, 0.6) is 0 Å². The molecule has 0 aromatic carbocycles. The van der Waals surface area contributed by atoms with Crippen molar-refractivity contribution >= 4 is 17.2 Å². The molecule has 0 N–H and O–H groups in total. The first-order valence-electron chi connectivity index (χ1n) is 7.56. The van der Waals surface area contributed by atoms with E-state index < -0.39 is 0 Å². The molecule has 2 nitrogen and oxygen atoms in total. The molecule has 110 valence electrons. The van der Waals surface area contributed by atoms with Crippen LogP contribution in [-0.2, 0) is 17.8 Å². The van der Waals surface area contributed by atoms with E-state index in [1.165, 1.54) is 34.6 Å². The van der Waals surface area contributed by atoms with Crippen molar-refractivity contribution in [1.29, 1.82) is 0 Å². The monoisotopic (exact) mass is 291 g/mol. The summed E-state index contributed by atoms with van der Waals surface area (Å²) in [6.07, 6.45) is 6.32. The molecule has 20 heavy (non-hydrogen) atoms. The van der Waals surface area contributed by atoms with Crippen LogP contribution in [0, 0.1) is 5.92 Å². The molecule has 0 atom stereocenters. The number of rotatable bonds is 7. The minimum atomic E-state index is 0.273. The van der Waals surface area contributed by atoms with Crippen molar-refractivity contribution in [3.63, 3.8) is 0 Å². The number of amides is 1. The smallest absolute Gasteiger partial charge is 0.222 e. The summed E-state index contributed by atoms with van der Waals surface area (Å²) in [5.41, 5.74) is 1.38. The number of thiophene rings is 1. The van der Waals surface area contributed by atoms with Gasteiger partial charge < -0.3 is 4.90 Å². The fourth-order valence-corrected chi connectivity index (χ4v) is 3.72. The van der Waals surface area contributed by atoms with Crippen LogP contribution in [0.15, 0.2) is 24.3 Å². The van der Waals surface area contributed by atoms with Crippen molar-refractivity contribution < 1.29 is 4.79 Å². The first-order chi connectivity index (χ1) is 9.58. The molecule has 1 fully saturated rings. The maximum absolute atomic E-state index is 12.1. The maximum Gasteiger partial charge on any atom is 0.222 e. The van der Waals surface area contributed by atoms with Gasteiger partial charge in [0.25, 0.3) is 0 Å². The van der Waals surface area contributed by atoms with Crippen molar-refractivity contribution in [3.8, 4) is 0 Å². The van der Waals surface area contributed by atoms with Gasteiger partial charge in [-0.1, -0.05) is 19.1 Å². The van der Waals surface area contributed by atoms with Crippen LogP contribution in [0.4, 0.5) is 0 Å². The van der Waals surface area contributed by atoms with Crippen molar-refractivity contribution in [2.45, 2.75) is 52.0 Å². The van der Waals surface area contributed by atoms with Crippen molar-refractivity contribution in [3.05, 3.63) is 34.0 Å². The largest absolute Gasteiger partial charge is 0.341 e. The Morgan fingerprint density at radius 3 is 2.70 bits per heavy atom. The zero-order valence-electron chi connectivity index (χ0n) is 12.7. The van der Waals surface area contributed by atoms with Crippen molar-refractivity contribution in [2.75, 3.05) is 7.05 Å². The Morgan fingerprint density at radius 1 is 1.40 bits per heavy atom. The Morgan fingerprint density at radius 2 is 2.10 bits per heavy atom. The Balaban J connectivity index is 1.67. The second kappa shape index (κ2) is 7.07. The lowest BCUT2D eigenvalue weighted by atomic mass is 9.78. The van der Waals surface area contributed by atoms with Gasteiger partial charge in [-0.2, -0.15) is 0 Å². The highest BCUT2D eigenvalue weighted by Gasteiger charge is 2.21. The first kappa shape index (κ1) is 15.3. The van der Waals surface area contributed by atoms with Gasteiger partial charge in [-0.05, 0) is 50.2 Å². The van der Waals surface area contributed by atoms with Gasteiger partial charge in [-0.3, -0.25) is 4.79 Å². The van der Waals surface area contributed by atoms with Crippen LogP contribution in [0.1, 0.15) is 48.8 Å². The summed E-state index contributed by atoms with van der Waals surface area (Å²) in [5.74, 6) is 1.07. The SMILES string of the molecule is C=C1CC(CCCC(=O)N(C)Cc2ccc(CC)s2)C1. The standard InChI is InChI=1S/C17H25NOS/c1-4-15-8-9-16(20-15)12-18(3)17(19)7-5-6-14-10-13(2)11-14/h8-9,14H,2,4-7,10-12H2,1,3H3. The molecule has 1 heterocycles. The van der Waals surface area contributed by atoms with Crippen LogP contribution in [0.3, 0.4) is 0 Å². The van der Waals surface area contributed by atoms with Gasteiger partial charge in [0.05, 0.1) is 6.54 Å². The van der Waals surface area contributed by atoms with Crippen molar-refractivity contribution in [1.82, 2.24) is 4.90 Å². The van der Waals surface area contributed by atoms with Gasteiger partial charge in [0.1, 0.15) is 0 Å². The second-order valence-electron chi connectivity index (χ2n) is 5.89. The average Bonchev–Trinajstić information content (AvgIpc) is 2.84. The number of hydrogen-bond donors (Lipinski definition) is 0. The molecule has 1 saturated carbocycles. The third-order valence-corrected chi connectivity index (χ3v) is 5.26. The van der Waals surface area contributed by atoms with E-state index in [2.05, 4.69) is 25.6 Å². The summed E-state index contributed by atoms with van der Waals surface area (Å²) in [7, 11) is 1.92. The lowest BCUT2D eigenvalue weighted by Crippen LogP contribution is -2.25. The van der Waals surface area contributed by atoms with Gasteiger partial charge >= 0.3 is 0 Å². The number of carbonyl (C=O) groups is 1. The predicted molar refractivity (Wildman–Crippen MR) is 85.9 cm³/mol. The highest BCUT2D eigenvalue weighted by molar-refractivity contribution is 7.11. The molecule has 0 radical (unpaired) electrons. The molecule has 0 bridgehead atoms. The predicted octanol–water partition coefficient (Wildman–Crippen LogP) is 4.41.